The van der Waals surface area contributed by atoms with E-state index in [2.05, 4.69) is 39.1 Å². The van der Waals surface area contributed by atoms with Crippen molar-refractivity contribution < 1.29 is 19.1 Å². The monoisotopic (exact) mass is 537 g/mol. The lowest BCUT2D eigenvalue weighted by Gasteiger charge is -2.28. The van der Waals surface area contributed by atoms with Gasteiger partial charge in [0, 0.05) is 25.6 Å². The fraction of sp³-hybridized carbons (Fsp3) is 0.357. The summed E-state index contributed by atoms with van der Waals surface area (Å²) in [5.74, 6) is -0.718. The quantitative estimate of drug-likeness (QED) is 0.326. The molecule has 0 aliphatic carbocycles. The van der Waals surface area contributed by atoms with Crippen molar-refractivity contribution in [3.8, 4) is 17.1 Å². The van der Waals surface area contributed by atoms with Gasteiger partial charge in [-0.25, -0.2) is 0 Å². The Balaban J connectivity index is 0.00000336. The first kappa shape index (κ1) is 27.5. The lowest BCUT2D eigenvalue weighted by Crippen LogP contribution is -2.42. The van der Waals surface area contributed by atoms with Crippen LogP contribution < -0.4 is 15.4 Å². The van der Waals surface area contributed by atoms with Crippen molar-refractivity contribution in [2.45, 2.75) is 32.4 Å². The van der Waals surface area contributed by atoms with Crippen LogP contribution in [0.2, 0.25) is 0 Å². The Labute approximate surface area is 228 Å². The molecule has 0 bridgehead atoms. The number of aromatic nitrogens is 2. The Morgan fingerprint density at radius 1 is 0.921 bits per heavy atom. The van der Waals surface area contributed by atoms with Crippen LogP contribution in [0.3, 0.4) is 0 Å². The second-order valence-corrected chi connectivity index (χ2v) is 9.41. The van der Waals surface area contributed by atoms with Crippen LogP contribution in [0.4, 0.5) is 11.6 Å². The molecule has 2 N–H and O–H groups in total. The van der Waals surface area contributed by atoms with E-state index in [1.807, 2.05) is 24.3 Å². The second kappa shape index (κ2) is 12.3. The lowest BCUT2D eigenvalue weighted by molar-refractivity contribution is -0.136. The van der Waals surface area contributed by atoms with Gasteiger partial charge >= 0.3 is 6.01 Å². The summed E-state index contributed by atoms with van der Waals surface area (Å²) < 4.78 is 10.5. The molecule has 1 saturated heterocycles. The highest BCUT2D eigenvalue weighted by Gasteiger charge is 2.35. The van der Waals surface area contributed by atoms with Gasteiger partial charge in [0.2, 0.25) is 5.78 Å². The Bertz CT molecular complexity index is 1290. The molecule has 9 nitrogen and oxygen atoms in total. The number of hydrogen-bond acceptors (Lipinski definition) is 8. The molecule has 0 spiro atoms. The normalized spacial score (nSPS) is 15.3. The zero-order chi connectivity index (χ0) is 25.8. The molecule has 0 radical (unpaired) electrons. The summed E-state index contributed by atoms with van der Waals surface area (Å²) in [5, 5.41) is 0. The molecule has 1 fully saturated rings. The van der Waals surface area contributed by atoms with Crippen LogP contribution in [0.5, 0.6) is 6.01 Å². The fourth-order valence-electron chi connectivity index (χ4n) is 4.80. The van der Waals surface area contributed by atoms with Gasteiger partial charge < -0.3 is 15.2 Å². The third-order valence-electron chi connectivity index (χ3n) is 6.75. The van der Waals surface area contributed by atoms with E-state index in [1.165, 1.54) is 23.3 Å². The number of Topliss-reactive ketones (excluding diaryl/α,β-unsaturated/α-hetero) is 1. The number of rotatable bonds is 9. The highest BCUT2D eigenvalue weighted by molar-refractivity contribution is 6.43. The molecule has 5 rings (SSSR count). The number of ketones is 1. The van der Waals surface area contributed by atoms with Gasteiger partial charge in [-0.3, -0.25) is 19.4 Å². The number of carbonyl (C=O) groups is 2. The summed E-state index contributed by atoms with van der Waals surface area (Å²) in [4.78, 5) is 37.7. The molecule has 38 heavy (non-hydrogen) atoms. The minimum atomic E-state index is -0.618. The molecule has 1 amide bonds. The lowest BCUT2D eigenvalue weighted by atomic mass is 10.0. The van der Waals surface area contributed by atoms with Crippen molar-refractivity contribution in [1.29, 1.82) is 0 Å². The van der Waals surface area contributed by atoms with Gasteiger partial charge in [0.05, 0.1) is 13.2 Å². The zero-order valence-electron chi connectivity index (χ0n) is 21.4. The molecule has 10 heteroatoms. The number of anilines is 2. The predicted octanol–water partition coefficient (Wildman–Crippen LogP) is 3.43. The van der Waals surface area contributed by atoms with E-state index in [9.17, 15) is 9.59 Å². The number of carbonyl (C=O) groups excluding carboxylic acids is 2. The van der Waals surface area contributed by atoms with Crippen molar-refractivity contribution in [3.05, 3.63) is 65.2 Å². The van der Waals surface area contributed by atoms with Crippen molar-refractivity contribution in [2.75, 3.05) is 44.0 Å². The van der Waals surface area contributed by atoms with E-state index in [0.29, 0.717) is 18.0 Å². The van der Waals surface area contributed by atoms with Crippen LogP contribution in [-0.4, -0.2) is 60.0 Å². The van der Waals surface area contributed by atoms with Gasteiger partial charge in [-0.05, 0) is 54.3 Å². The molecule has 2 aromatic carbocycles. The van der Waals surface area contributed by atoms with Crippen LogP contribution in [0.15, 0.2) is 48.5 Å². The van der Waals surface area contributed by atoms with Crippen molar-refractivity contribution in [1.82, 2.24) is 14.9 Å². The van der Waals surface area contributed by atoms with Gasteiger partial charge in [0.15, 0.2) is 0 Å². The number of halogens is 1. The maximum absolute atomic E-state index is 12.9. The third-order valence-corrected chi connectivity index (χ3v) is 6.75. The summed E-state index contributed by atoms with van der Waals surface area (Å²) in [6.45, 7) is 4.07. The molecule has 2 aliphatic rings. The minimum absolute atomic E-state index is 0. The Morgan fingerprint density at radius 2 is 1.68 bits per heavy atom. The van der Waals surface area contributed by atoms with E-state index in [0.717, 1.165) is 36.3 Å². The van der Waals surface area contributed by atoms with Crippen LogP contribution >= 0.6 is 12.4 Å². The van der Waals surface area contributed by atoms with Crippen LogP contribution in [-0.2, 0) is 33.8 Å². The minimum Gasteiger partial charge on any atom is -0.461 e. The standard InChI is InChI=1S/C28H31N5O4.ClH/c1-36-13-14-37-28-30-25(29)23-16-24(34)27(35)33(26(23)31-28)18-19-7-9-21(10-8-19)22-6-4-5-20(15-22)17-32-11-2-3-12-32;/h4-10,15H,2-3,11-14,16-18H2,1H3,(H2,29,30,31);1H. The smallest absolute Gasteiger partial charge is 0.320 e. The molecular formula is C28H32ClN5O4. The molecule has 200 valence electrons. The zero-order valence-corrected chi connectivity index (χ0v) is 22.2. The van der Waals surface area contributed by atoms with Crippen molar-refractivity contribution >= 4 is 35.7 Å². The summed E-state index contributed by atoms with van der Waals surface area (Å²) in [7, 11) is 1.56. The number of hydrogen-bond donors (Lipinski definition) is 1. The van der Waals surface area contributed by atoms with Gasteiger partial charge in [-0.2, -0.15) is 9.97 Å². The average molecular weight is 538 g/mol. The molecular weight excluding hydrogens is 506 g/mol. The van der Waals surface area contributed by atoms with Crippen LogP contribution in [0, 0.1) is 0 Å². The van der Waals surface area contributed by atoms with Crippen molar-refractivity contribution in [3.63, 3.8) is 0 Å². The van der Waals surface area contributed by atoms with E-state index < -0.39 is 11.7 Å². The first-order valence-corrected chi connectivity index (χ1v) is 12.6. The molecule has 0 saturated carbocycles. The van der Waals surface area contributed by atoms with Gasteiger partial charge in [0.1, 0.15) is 18.2 Å². The number of likely N-dealkylation sites (tertiary alicyclic amines) is 1. The number of methoxy groups -OCH3 is 1. The Kier molecular flexibility index (Phi) is 8.93. The van der Waals surface area contributed by atoms with Gasteiger partial charge in [-0.1, -0.05) is 42.5 Å². The SMILES string of the molecule is COCCOc1nc(N)c2c(n1)N(Cc1ccc(-c3cccc(CN4CCCC4)c3)cc1)C(=O)C(=O)C2.Cl. The topological polar surface area (TPSA) is 111 Å². The maximum atomic E-state index is 12.9. The third kappa shape index (κ3) is 6.12. The number of nitrogens with two attached hydrogens (primary N) is 1. The summed E-state index contributed by atoms with van der Waals surface area (Å²) >= 11 is 0. The van der Waals surface area contributed by atoms with Crippen molar-refractivity contribution in [2.24, 2.45) is 0 Å². The highest BCUT2D eigenvalue weighted by atomic mass is 35.5. The van der Waals surface area contributed by atoms with Gasteiger partial charge in [-0.15, -0.1) is 12.4 Å². The number of fused-ring (bicyclic) bond motifs is 1. The number of ether oxygens (including phenoxy) is 2. The summed E-state index contributed by atoms with van der Waals surface area (Å²) in [5.41, 5.74) is 11.0. The summed E-state index contributed by atoms with van der Waals surface area (Å²) in [6, 6.07) is 16.7. The molecule has 0 unspecified atom stereocenters. The predicted molar refractivity (Wildman–Crippen MR) is 147 cm³/mol. The largest absolute Gasteiger partial charge is 0.461 e. The highest BCUT2D eigenvalue weighted by Crippen LogP contribution is 2.31. The average Bonchev–Trinajstić information content (AvgIpc) is 3.41. The number of benzene rings is 2. The molecule has 2 aliphatic heterocycles. The number of nitrogens with zero attached hydrogens (tertiary/aromatic N) is 4. The van der Waals surface area contributed by atoms with E-state index in [4.69, 9.17) is 15.2 Å². The first-order valence-electron chi connectivity index (χ1n) is 12.6. The Morgan fingerprint density at radius 3 is 2.42 bits per heavy atom. The number of nitrogen functional groups attached to an aromatic ring is 1. The summed E-state index contributed by atoms with van der Waals surface area (Å²) in [6.07, 6.45) is 2.43. The molecule has 3 heterocycles. The van der Waals surface area contributed by atoms with E-state index in [-0.39, 0.29) is 43.8 Å². The molecule has 0 atom stereocenters. The van der Waals surface area contributed by atoms with Crippen LogP contribution in [0.1, 0.15) is 29.5 Å². The Hall–Kier alpha value is -3.53. The first-order chi connectivity index (χ1) is 18.0. The maximum Gasteiger partial charge on any atom is 0.320 e. The van der Waals surface area contributed by atoms with E-state index >= 15 is 0 Å². The molecule has 1 aromatic heterocycles. The van der Waals surface area contributed by atoms with Crippen LogP contribution in [0.25, 0.3) is 11.1 Å². The van der Waals surface area contributed by atoms with Gasteiger partial charge in [0.25, 0.3) is 5.91 Å². The second-order valence-electron chi connectivity index (χ2n) is 9.41. The van der Waals surface area contributed by atoms with E-state index in [1.54, 1.807) is 7.11 Å². The number of amides is 1. The fourth-order valence-corrected chi connectivity index (χ4v) is 4.80. The molecule has 3 aromatic rings.